The molecule has 2 heterocycles. The molecule has 0 saturated heterocycles. The number of hydrogen-bond donors (Lipinski definition) is 0. The summed E-state index contributed by atoms with van der Waals surface area (Å²) in [5.41, 5.74) is -3.09. The number of aromatic nitrogens is 1. The van der Waals surface area contributed by atoms with Crippen LogP contribution in [-0.2, 0) is 21.6 Å². The van der Waals surface area contributed by atoms with E-state index in [1.165, 1.54) is 0 Å². The van der Waals surface area contributed by atoms with E-state index in [0.717, 1.165) is 19.5 Å². The first-order valence-electron chi connectivity index (χ1n) is 6.20. The summed E-state index contributed by atoms with van der Waals surface area (Å²) in [6, 6.07) is 0. The Morgan fingerprint density at radius 1 is 1.38 bits per heavy atom. The van der Waals surface area contributed by atoms with Gasteiger partial charge in [0.05, 0.1) is 17.9 Å². The zero-order valence-corrected chi connectivity index (χ0v) is 13.1. The standard InChI is InChI=1S/C13H18F2NO3P.CH4/c1-8-11-9(7-18-12(2,3)19-11)10(6-16-8)13(14,15)20(4,5)17;/h6H,7H2,1-5H3;1H4. The van der Waals surface area contributed by atoms with Crippen LogP contribution >= 0.6 is 7.14 Å². The highest BCUT2D eigenvalue weighted by Gasteiger charge is 2.48. The zero-order chi connectivity index (χ0) is 15.3. The summed E-state index contributed by atoms with van der Waals surface area (Å²) >= 11 is 0. The Hall–Kier alpha value is -1.00. The second-order valence-electron chi connectivity index (χ2n) is 5.75. The Labute approximate surface area is 124 Å². The van der Waals surface area contributed by atoms with Gasteiger partial charge in [-0.3, -0.25) is 4.98 Å². The van der Waals surface area contributed by atoms with Gasteiger partial charge in [-0.25, -0.2) is 0 Å². The average molecular weight is 321 g/mol. The molecule has 0 radical (unpaired) electrons. The number of rotatable bonds is 2. The van der Waals surface area contributed by atoms with Crippen LogP contribution in [0.2, 0.25) is 0 Å². The molecule has 7 heteroatoms. The predicted octanol–water partition coefficient (Wildman–Crippen LogP) is 4.34. The first kappa shape index (κ1) is 18.1. The van der Waals surface area contributed by atoms with Crippen molar-refractivity contribution in [2.24, 2.45) is 0 Å². The van der Waals surface area contributed by atoms with Gasteiger partial charge in [0.25, 0.3) is 0 Å². The quantitative estimate of drug-likeness (QED) is 0.760. The van der Waals surface area contributed by atoms with E-state index in [0.29, 0.717) is 11.4 Å². The van der Waals surface area contributed by atoms with Gasteiger partial charge < -0.3 is 14.0 Å². The second kappa shape index (κ2) is 5.33. The van der Waals surface area contributed by atoms with Crippen LogP contribution in [-0.4, -0.2) is 24.1 Å². The first-order chi connectivity index (χ1) is 8.96. The van der Waals surface area contributed by atoms with E-state index in [1.54, 1.807) is 20.8 Å². The van der Waals surface area contributed by atoms with Crippen LogP contribution in [0.15, 0.2) is 6.20 Å². The minimum atomic E-state index is -3.67. The minimum absolute atomic E-state index is 0. The Kier molecular flexibility index (Phi) is 4.58. The maximum atomic E-state index is 14.4. The molecule has 1 aliphatic rings. The third-order valence-corrected chi connectivity index (χ3v) is 4.82. The third-order valence-electron chi connectivity index (χ3n) is 3.23. The number of hydrogen-bond acceptors (Lipinski definition) is 4. The van der Waals surface area contributed by atoms with Gasteiger partial charge in [-0.05, 0) is 20.3 Å². The summed E-state index contributed by atoms with van der Waals surface area (Å²) in [4.78, 5) is 3.96. The number of nitrogens with zero attached hydrogens (tertiary/aromatic N) is 1. The molecular weight excluding hydrogens is 299 g/mol. The van der Waals surface area contributed by atoms with E-state index in [9.17, 15) is 13.3 Å². The summed E-state index contributed by atoms with van der Waals surface area (Å²) in [5.74, 6) is -0.595. The van der Waals surface area contributed by atoms with E-state index >= 15 is 0 Å². The van der Waals surface area contributed by atoms with Gasteiger partial charge in [-0.15, -0.1) is 0 Å². The molecule has 0 bridgehead atoms. The molecule has 1 aliphatic heterocycles. The SMILES string of the molecule is C.Cc1ncc(C(F)(F)P(C)(C)=O)c2c1OC(C)(C)OC2. The monoisotopic (exact) mass is 321 g/mol. The highest BCUT2D eigenvalue weighted by molar-refractivity contribution is 7.63. The van der Waals surface area contributed by atoms with Crippen LogP contribution in [0.1, 0.15) is 38.1 Å². The lowest BCUT2D eigenvalue weighted by molar-refractivity contribution is -0.181. The lowest BCUT2D eigenvalue weighted by Crippen LogP contribution is -2.37. The van der Waals surface area contributed by atoms with E-state index in [2.05, 4.69) is 4.98 Å². The maximum absolute atomic E-state index is 14.4. The molecule has 0 aliphatic carbocycles. The molecule has 0 unspecified atom stereocenters. The Morgan fingerprint density at radius 3 is 2.48 bits per heavy atom. The molecule has 21 heavy (non-hydrogen) atoms. The Bertz CT molecular complexity index is 596. The van der Waals surface area contributed by atoms with Crippen LogP contribution in [0.5, 0.6) is 5.75 Å². The van der Waals surface area contributed by atoms with E-state index in [1.807, 2.05) is 0 Å². The average Bonchev–Trinajstić information content (AvgIpc) is 2.27. The van der Waals surface area contributed by atoms with Gasteiger partial charge in [0.2, 0.25) is 5.79 Å². The Balaban J connectivity index is 0.00000220. The zero-order valence-electron chi connectivity index (χ0n) is 12.2. The Morgan fingerprint density at radius 2 is 1.95 bits per heavy atom. The molecule has 0 N–H and O–H groups in total. The van der Waals surface area contributed by atoms with Crippen LogP contribution in [0, 0.1) is 6.92 Å². The number of aryl methyl sites for hydroxylation is 1. The lowest BCUT2D eigenvalue weighted by atomic mass is 10.1. The van der Waals surface area contributed by atoms with E-state index in [4.69, 9.17) is 9.47 Å². The largest absolute Gasteiger partial charge is 0.461 e. The van der Waals surface area contributed by atoms with Crippen LogP contribution in [0.25, 0.3) is 0 Å². The molecule has 120 valence electrons. The van der Waals surface area contributed by atoms with Crippen molar-refractivity contribution in [2.45, 2.75) is 46.3 Å². The summed E-state index contributed by atoms with van der Waals surface area (Å²) in [6.07, 6.45) is 1.07. The third kappa shape index (κ3) is 3.11. The molecule has 1 aromatic heterocycles. The van der Waals surface area contributed by atoms with Gasteiger partial charge >= 0.3 is 5.66 Å². The van der Waals surface area contributed by atoms with Crippen LogP contribution in [0.3, 0.4) is 0 Å². The topological polar surface area (TPSA) is 48.4 Å². The van der Waals surface area contributed by atoms with E-state index in [-0.39, 0.29) is 25.2 Å². The highest BCUT2D eigenvalue weighted by atomic mass is 31.2. The molecular formula is C14H22F2NO3P. The van der Waals surface area contributed by atoms with Crippen LogP contribution in [0.4, 0.5) is 8.78 Å². The maximum Gasteiger partial charge on any atom is 0.324 e. The van der Waals surface area contributed by atoms with Crippen molar-refractivity contribution in [2.75, 3.05) is 13.3 Å². The fraction of sp³-hybridized carbons (Fsp3) is 0.643. The summed E-state index contributed by atoms with van der Waals surface area (Å²) in [6.45, 7) is 7.19. The van der Waals surface area contributed by atoms with Gasteiger partial charge in [-0.1, -0.05) is 7.43 Å². The van der Waals surface area contributed by atoms with Crippen LogP contribution < -0.4 is 4.74 Å². The van der Waals surface area contributed by atoms with Crippen molar-refractivity contribution in [3.8, 4) is 5.75 Å². The smallest absolute Gasteiger partial charge is 0.324 e. The molecule has 0 aromatic carbocycles. The molecule has 0 spiro atoms. The molecule has 0 fully saturated rings. The predicted molar refractivity (Wildman–Crippen MR) is 78.5 cm³/mol. The molecule has 0 amide bonds. The normalized spacial score (nSPS) is 17.5. The molecule has 1 aromatic rings. The van der Waals surface area contributed by atoms with Crippen molar-refractivity contribution >= 4 is 7.14 Å². The van der Waals surface area contributed by atoms with Crippen molar-refractivity contribution in [3.63, 3.8) is 0 Å². The fourth-order valence-corrected chi connectivity index (χ4v) is 2.76. The summed E-state index contributed by atoms with van der Waals surface area (Å²) in [5, 5.41) is 0. The van der Waals surface area contributed by atoms with Crippen molar-refractivity contribution in [1.82, 2.24) is 4.98 Å². The van der Waals surface area contributed by atoms with Gasteiger partial charge in [-0.2, -0.15) is 8.78 Å². The molecule has 2 rings (SSSR count). The molecule has 0 saturated carbocycles. The van der Waals surface area contributed by atoms with Crippen molar-refractivity contribution in [1.29, 1.82) is 0 Å². The summed E-state index contributed by atoms with van der Waals surface area (Å²) in [7, 11) is -3.67. The number of halogens is 2. The number of pyridine rings is 1. The van der Waals surface area contributed by atoms with E-state index < -0.39 is 18.6 Å². The number of alkyl halides is 2. The van der Waals surface area contributed by atoms with Gasteiger partial charge in [0, 0.05) is 25.6 Å². The lowest BCUT2D eigenvalue weighted by Gasteiger charge is -2.35. The summed E-state index contributed by atoms with van der Waals surface area (Å²) < 4.78 is 51.6. The van der Waals surface area contributed by atoms with Gasteiger partial charge in [0.1, 0.15) is 5.75 Å². The first-order valence-corrected chi connectivity index (χ1v) is 8.80. The molecule has 0 atom stereocenters. The molecule has 4 nitrogen and oxygen atoms in total. The number of fused-ring (bicyclic) bond motifs is 1. The minimum Gasteiger partial charge on any atom is -0.461 e. The van der Waals surface area contributed by atoms with Crippen molar-refractivity contribution < 1.29 is 22.8 Å². The van der Waals surface area contributed by atoms with Gasteiger partial charge in [0.15, 0.2) is 7.14 Å². The fourth-order valence-electron chi connectivity index (χ4n) is 1.99. The highest BCUT2D eigenvalue weighted by Crippen LogP contribution is 2.61. The number of ether oxygens (including phenoxy) is 2. The van der Waals surface area contributed by atoms with Crippen molar-refractivity contribution in [3.05, 3.63) is 23.0 Å². The second-order valence-corrected chi connectivity index (χ2v) is 9.01.